The SMILES string of the molecule is CCc1cc(OCc2cccc(OCc3ccccc3)c2)c2cc(C(C)=O)oc2c1. The molecule has 0 radical (unpaired) electrons. The largest absolute Gasteiger partial charge is 0.489 e. The van der Waals surface area contributed by atoms with Crippen LogP contribution in [0.5, 0.6) is 11.5 Å². The number of aryl methyl sites for hydroxylation is 1. The van der Waals surface area contributed by atoms with E-state index in [4.69, 9.17) is 13.9 Å². The van der Waals surface area contributed by atoms with E-state index in [0.29, 0.717) is 24.6 Å². The summed E-state index contributed by atoms with van der Waals surface area (Å²) in [5, 5.41) is 0.814. The molecule has 152 valence electrons. The summed E-state index contributed by atoms with van der Waals surface area (Å²) < 4.78 is 17.8. The van der Waals surface area contributed by atoms with Crippen LogP contribution in [0.1, 0.15) is 41.1 Å². The Bertz CT molecular complexity index is 1160. The van der Waals surface area contributed by atoms with Crippen molar-refractivity contribution >= 4 is 16.8 Å². The molecule has 0 N–H and O–H groups in total. The highest BCUT2D eigenvalue weighted by Crippen LogP contribution is 2.32. The van der Waals surface area contributed by atoms with Crippen LogP contribution in [0.3, 0.4) is 0 Å². The lowest BCUT2D eigenvalue weighted by molar-refractivity contribution is 0.0989. The van der Waals surface area contributed by atoms with Crippen molar-refractivity contribution in [2.45, 2.75) is 33.5 Å². The Morgan fingerprint density at radius 2 is 1.60 bits per heavy atom. The van der Waals surface area contributed by atoms with Gasteiger partial charge in [0.15, 0.2) is 11.5 Å². The molecule has 4 nitrogen and oxygen atoms in total. The van der Waals surface area contributed by atoms with Crippen molar-refractivity contribution in [3.05, 3.63) is 95.2 Å². The van der Waals surface area contributed by atoms with Gasteiger partial charge in [0.25, 0.3) is 0 Å². The standard InChI is InChI=1S/C26H24O4/c1-3-19-13-25(23-15-24(18(2)27)30-26(23)14-19)29-17-21-10-7-11-22(12-21)28-16-20-8-5-4-6-9-20/h4-15H,3,16-17H2,1-2H3. The second kappa shape index (κ2) is 8.87. The summed E-state index contributed by atoms with van der Waals surface area (Å²) in [6.45, 7) is 4.49. The van der Waals surface area contributed by atoms with Crippen LogP contribution in [-0.2, 0) is 19.6 Å². The van der Waals surface area contributed by atoms with Crippen molar-refractivity contribution in [1.82, 2.24) is 0 Å². The number of fused-ring (bicyclic) bond motifs is 1. The van der Waals surface area contributed by atoms with E-state index < -0.39 is 0 Å². The summed E-state index contributed by atoms with van der Waals surface area (Å²) >= 11 is 0. The summed E-state index contributed by atoms with van der Waals surface area (Å²) in [6, 6.07) is 23.7. The Kier molecular flexibility index (Phi) is 5.84. The van der Waals surface area contributed by atoms with Crippen molar-refractivity contribution in [1.29, 1.82) is 0 Å². The van der Waals surface area contributed by atoms with Gasteiger partial charge >= 0.3 is 0 Å². The van der Waals surface area contributed by atoms with Gasteiger partial charge in [-0.2, -0.15) is 0 Å². The van der Waals surface area contributed by atoms with E-state index in [1.807, 2.05) is 66.7 Å². The molecule has 1 aromatic heterocycles. The van der Waals surface area contributed by atoms with Crippen LogP contribution in [-0.4, -0.2) is 5.78 Å². The summed E-state index contributed by atoms with van der Waals surface area (Å²) in [5.74, 6) is 1.77. The van der Waals surface area contributed by atoms with Gasteiger partial charge < -0.3 is 13.9 Å². The molecule has 0 aliphatic carbocycles. The van der Waals surface area contributed by atoms with Crippen molar-refractivity contribution in [2.75, 3.05) is 0 Å². The number of hydrogen-bond acceptors (Lipinski definition) is 4. The number of carbonyl (C=O) groups is 1. The van der Waals surface area contributed by atoms with E-state index >= 15 is 0 Å². The normalized spacial score (nSPS) is 10.9. The zero-order valence-electron chi connectivity index (χ0n) is 17.2. The Morgan fingerprint density at radius 3 is 2.37 bits per heavy atom. The third-order valence-corrected chi connectivity index (χ3v) is 4.96. The maximum Gasteiger partial charge on any atom is 0.194 e. The maximum absolute atomic E-state index is 11.7. The fourth-order valence-corrected chi connectivity index (χ4v) is 3.29. The van der Waals surface area contributed by atoms with Crippen LogP contribution >= 0.6 is 0 Å². The quantitative estimate of drug-likeness (QED) is 0.323. The zero-order valence-corrected chi connectivity index (χ0v) is 17.2. The number of hydrogen-bond donors (Lipinski definition) is 0. The first-order valence-electron chi connectivity index (χ1n) is 10.1. The Labute approximate surface area is 176 Å². The number of benzene rings is 3. The van der Waals surface area contributed by atoms with E-state index in [1.54, 1.807) is 6.07 Å². The summed E-state index contributed by atoms with van der Waals surface area (Å²) in [6.07, 6.45) is 0.852. The third kappa shape index (κ3) is 4.54. The molecule has 4 rings (SSSR count). The number of rotatable bonds is 8. The van der Waals surface area contributed by atoms with Crippen LogP contribution in [0.15, 0.2) is 77.2 Å². The molecule has 30 heavy (non-hydrogen) atoms. The average molecular weight is 400 g/mol. The minimum atomic E-state index is -0.0986. The predicted octanol–water partition coefficient (Wildman–Crippen LogP) is 6.36. The van der Waals surface area contributed by atoms with Gasteiger partial charge in [0.1, 0.15) is 30.3 Å². The first-order valence-corrected chi connectivity index (χ1v) is 10.1. The summed E-state index contributed by atoms with van der Waals surface area (Å²) in [7, 11) is 0. The van der Waals surface area contributed by atoms with Crippen molar-refractivity contribution in [3.63, 3.8) is 0 Å². The van der Waals surface area contributed by atoms with Crippen LogP contribution in [0.4, 0.5) is 0 Å². The molecule has 0 aliphatic rings. The number of Topliss-reactive ketones (excluding diaryl/α,β-unsaturated/α-hetero) is 1. The van der Waals surface area contributed by atoms with Crippen molar-refractivity contribution in [3.8, 4) is 11.5 Å². The minimum absolute atomic E-state index is 0.0986. The topological polar surface area (TPSA) is 48.7 Å². The van der Waals surface area contributed by atoms with Crippen LogP contribution in [0.25, 0.3) is 11.0 Å². The van der Waals surface area contributed by atoms with E-state index in [0.717, 1.165) is 40.0 Å². The minimum Gasteiger partial charge on any atom is -0.489 e. The maximum atomic E-state index is 11.7. The molecule has 0 saturated heterocycles. The van der Waals surface area contributed by atoms with Gasteiger partial charge in [0.05, 0.1) is 5.39 Å². The van der Waals surface area contributed by atoms with E-state index in [9.17, 15) is 4.79 Å². The Balaban J connectivity index is 1.50. The number of furan rings is 1. The van der Waals surface area contributed by atoms with E-state index in [1.165, 1.54) is 6.92 Å². The van der Waals surface area contributed by atoms with Gasteiger partial charge in [-0.1, -0.05) is 49.4 Å². The van der Waals surface area contributed by atoms with Gasteiger partial charge in [-0.25, -0.2) is 0 Å². The van der Waals surface area contributed by atoms with Gasteiger partial charge in [0, 0.05) is 6.92 Å². The van der Waals surface area contributed by atoms with Crippen LogP contribution in [0.2, 0.25) is 0 Å². The van der Waals surface area contributed by atoms with E-state index in [-0.39, 0.29) is 5.78 Å². The predicted molar refractivity (Wildman–Crippen MR) is 117 cm³/mol. The molecule has 0 fully saturated rings. The smallest absolute Gasteiger partial charge is 0.194 e. The Hall–Kier alpha value is -3.53. The van der Waals surface area contributed by atoms with Gasteiger partial charge in [-0.15, -0.1) is 0 Å². The molecule has 0 amide bonds. The molecule has 0 unspecified atom stereocenters. The number of ether oxygens (including phenoxy) is 2. The fraction of sp³-hybridized carbons (Fsp3) is 0.192. The highest BCUT2D eigenvalue weighted by Gasteiger charge is 2.14. The van der Waals surface area contributed by atoms with Crippen molar-refractivity contribution < 1.29 is 18.7 Å². The summed E-state index contributed by atoms with van der Waals surface area (Å²) in [4.78, 5) is 11.7. The van der Waals surface area contributed by atoms with Crippen LogP contribution in [0, 0.1) is 0 Å². The van der Waals surface area contributed by atoms with E-state index in [2.05, 4.69) is 6.92 Å². The molecule has 4 heteroatoms. The lowest BCUT2D eigenvalue weighted by Gasteiger charge is -2.11. The second-order valence-corrected chi connectivity index (χ2v) is 7.24. The van der Waals surface area contributed by atoms with Crippen molar-refractivity contribution in [2.24, 2.45) is 0 Å². The van der Waals surface area contributed by atoms with Gasteiger partial charge in [0.2, 0.25) is 0 Å². The molecule has 0 spiro atoms. The first-order chi connectivity index (χ1) is 14.6. The highest BCUT2D eigenvalue weighted by atomic mass is 16.5. The fourth-order valence-electron chi connectivity index (χ4n) is 3.29. The average Bonchev–Trinajstić information content (AvgIpc) is 3.22. The lowest BCUT2D eigenvalue weighted by Crippen LogP contribution is -1.99. The molecular formula is C26H24O4. The monoisotopic (exact) mass is 400 g/mol. The lowest BCUT2D eigenvalue weighted by atomic mass is 10.1. The molecule has 0 saturated carbocycles. The van der Waals surface area contributed by atoms with Crippen LogP contribution < -0.4 is 9.47 Å². The van der Waals surface area contributed by atoms with Gasteiger partial charge in [-0.05, 0) is 53.4 Å². The van der Waals surface area contributed by atoms with Gasteiger partial charge in [-0.3, -0.25) is 4.79 Å². The first kappa shape index (κ1) is 19.8. The number of carbonyl (C=O) groups excluding carboxylic acids is 1. The third-order valence-electron chi connectivity index (χ3n) is 4.96. The molecule has 4 aromatic rings. The molecule has 1 heterocycles. The second-order valence-electron chi connectivity index (χ2n) is 7.24. The molecule has 0 bridgehead atoms. The zero-order chi connectivity index (χ0) is 20.9. The number of ketones is 1. The molecule has 0 aliphatic heterocycles. The Morgan fingerprint density at radius 1 is 0.833 bits per heavy atom. The molecule has 3 aromatic carbocycles. The molecular weight excluding hydrogens is 376 g/mol. The molecule has 0 atom stereocenters. The summed E-state index contributed by atoms with van der Waals surface area (Å²) in [5.41, 5.74) is 3.90. The highest BCUT2D eigenvalue weighted by molar-refractivity contribution is 5.97.